The Balaban J connectivity index is 1.49. The number of hydrogen-bond acceptors (Lipinski definition) is 2. The first kappa shape index (κ1) is 16.7. The number of pyridine rings is 1. The van der Waals surface area contributed by atoms with Gasteiger partial charge in [0.1, 0.15) is 5.78 Å². The minimum atomic E-state index is 0.225. The maximum atomic E-state index is 13.1. The van der Waals surface area contributed by atoms with E-state index in [1.807, 2.05) is 12.4 Å². The van der Waals surface area contributed by atoms with Gasteiger partial charge in [0.25, 0.3) is 0 Å². The highest BCUT2D eigenvalue weighted by Gasteiger charge is 2.60. The molecule has 138 valence electrons. The van der Waals surface area contributed by atoms with E-state index >= 15 is 0 Å². The number of rotatable bonds is 1. The molecule has 0 spiro atoms. The molecular formula is C24H31NO. The van der Waals surface area contributed by atoms with Crippen molar-refractivity contribution in [2.45, 2.75) is 65.2 Å². The highest BCUT2D eigenvalue weighted by atomic mass is 16.1. The van der Waals surface area contributed by atoms with Crippen molar-refractivity contribution in [1.82, 2.24) is 4.98 Å². The highest BCUT2D eigenvalue weighted by molar-refractivity contribution is 5.83. The summed E-state index contributed by atoms with van der Waals surface area (Å²) in [5.41, 5.74) is 3.29. The third-order valence-electron chi connectivity index (χ3n) is 8.92. The second kappa shape index (κ2) is 5.78. The molecule has 1 aromatic heterocycles. The largest absolute Gasteiger partial charge is 0.299 e. The zero-order valence-electron chi connectivity index (χ0n) is 16.2. The summed E-state index contributed by atoms with van der Waals surface area (Å²) in [4.78, 5) is 17.5. The maximum Gasteiger partial charge on any atom is 0.136 e. The molecule has 5 rings (SSSR count). The molecule has 4 aliphatic carbocycles. The molecular weight excluding hydrogens is 318 g/mol. The Bertz CT molecular complexity index is 753. The van der Waals surface area contributed by atoms with Gasteiger partial charge in [-0.05, 0) is 77.9 Å². The number of allylic oxidation sites excluding steroid dienone is 2. The van der Waals surface area contributed by atoms with Gasteiger partial charge in [-0.3, -0.25) is 9.78 Å². The lowest BCUT2D eigenvalue weighted by molar-refractivity contribution is -0.150. The van der Waals surface area contributed by atoms with Crippen molar-refractivity contribution < 1.29 is 4.79 Å². The van der Waals surface area contributed by atoms with E-state index in [1.54, 1.807) is 0 Å². The highest BCUT2D eigenvalue weighted by Crippen LogP contribution is 2.66. The number of aromatic nitrogens is 1. The fourth-order valence-corrected chi connectivity index (χ4v) is 7.63. The zero-order valence-corrected chi connectivity index (χ0v) is 16.2. The van der Waals surface area contributed by atoms with Gasteiger partial charge in [0.05, 0.1) is 0 Å². The fraction of sp³-hybridized carbons (Fsp3) is 0.667. The van der Waals surface area contributed by atoms with Crippen LogP contribution in [0.4, 0.5) is 0 Å². The number of hydrogen-bond donors (Lipinski definition) is 0. The first-order chi connectivity index (χ1) is 12.5. The predicted octanol–water partition coefficient (Wildman–Crippen LogP) is 5.69. The van der Waals surface area contributed by atoms with Gasteiger partial charge in [-0.15, -0.1) is 0 Å². The molecule has 3 saturated carbocycles. The van der Waals surface area contributed by atoms with Gasteiger partial charge in [0.2, 0.25) is 0 Å². The Labute approximate surface area is 157 Å². The van der Waals surface area contributed by atoms with Gasteiger partial charge >= 0.3 is 0 Å². The molecule has 2 heteroatoms. The van der Waals surface area contributed by atoms with E-state index in [4.69, 9.17) is 0 Å². The summed E-state index contributed by atoms with van der Waals surface area (Å²) in [6, 6.07) is 4.26. The van der Waals surface area contributed by atoms with Crippen molar-refractivity contribution in [3.05, 3.63) is 36.2 Å². The van der Waals surface area contributed by atoms with E-state index in [1.165, 1.54) is 43.2 Å². The normalized spacial score (nSPS) is 44.7. The topological polar surface area (TPSA) is 30.0 Å². The molecule has 1 aromatic rings. The van der Waals surface area contributed by atoms with E-state index in [-0.39, 0.29) is 10.8 Å². The molecule has 1 heterocycles. The molecule has 0 radical (unpaired) electrons. The van der Waals surface area contributed by atoms with Crippen LogP contribution in [0.2, 0.25) is 0 Å². The summed E-state index contributed by atoms with van der Waals surface area (Å²) in [5, 5.41) is 0. The summed E-state index contributed by atoms with van der Waals surface area (Å²) >= 11 is 0. The smallest absolute Gasteiger partial charge is 0.136 e. The lowest BCUT2D eigenvalue weighted by Gasteiger charge is -2.59. The molecule has 4 aliphatic rings. The Morgan fingerprint density at radius 1 is 1.12 bits per heavy atom. The van der Waals surface area contributed by atoms with E-state index < -0.39 is 0 Å². The standard InChI is InChI=1S/C24H31NO/c1-23-11-4-3-7-21(23)22(26)14-17-19-9-8-18(16-6-5-13-25-15-16)24(19,2)12-10-20(17)23/h5-6,8,13,15,17,19-21H,3-4,7,9-12,14H2,1-2H3. The van der Waals surface area contributed by atoms with Gasteiger partial charge in [0, 0.05) is 24.7 Å². The molecule has 0 bridgehead atoms. The van der Waals surface area contributed by atoms with Gasteiger partial charge in [-0.2, -0.15) is 0 Å². The summed E-state index contributed by atoms with van der Waals surface area (Å²) in [5.74, 6) is 2.93. The predicted molar refractivity (Wildman–Crippen MR) is 104 cm³/mol. The van der Waals surface area contributed by atoms with Crippen LogP contribution in [0, 0.1) is 34.5 Å². The number of fused-ring (bicyclic) bond motifs is 5. The van der Waals surface area contributed by atoms with Crippen LogP contribution in [0.25, 0.3) is 5.57 Å². The molecule has 26 heavy (non-hydrogen) atoms. The molecule has 0 aliphatic heterocycles. The average molecular weight is 350 g/mol. The van der Waals surface area contributed by atoms with Crippen LogP contribution in [-0.4, -0.2) is 10.8 Å². The minimum Gasteiger partial charge on any atom is -0.299 e. The number of Topliss-reactive ketones (excluding diaryl/α,β-unsaturated/α-hetero) is 1. The number of ketones is 1. The SMILES string of the molecule is CC12CCC3C(CC(=O)C4CCCCC43C)C1CC=C2c1cccnc1. The minimum absolute atomic E-state index is 0.225. The Hall–Kier alpha value is -1.44. The average Bonchev–Trinajstić information content (AvgIpc) is 3.00. The van der Waals surface area contributed by atoms with Crippen LogP contribution in [0.1, 0.15) is 70.8 Å². The first-order valence-electron chi connectivity index (χ1n) is 10.7. The number of carbonyl (C=O) groups excluding carboxylic acids is 1. The van der Waals surface area contributed by atoms with Gasteiger partial charge in [-0.25, -0.2) is 0 Å². The molecule has 0 N–H and O–H groups in total. The van der Waals surface area contributed by atoms with Crippen LogP contribution in [0.3, 0.4) is 0 Å². The van der Waals surface area contributed by atoms with Crippen LogP contribution < -0.4 is 0 Å². The molecule has 6 unspecified atom stereocenters. The summed E-state index contributed by atoms with van der Waals surface area (Å²) < 4.78 is 0. The maximum absolute atomic E-state index is 13.1. The van der Waals surface area contributed by atoms with E-state index in [2.05, 4.69) is 37.0 Å². The van der Waals surface area contributed by atoms with Crippen LogP contribution in [-0.2, 0) is 4.79 Å². The van der Waals surface area contributed by atoms with Gasteiger partial charge in [0.15, 0.2) is 0 Å². The molecule has 0 amide bonds. The lowest BCUT2D eigenvalue weighted by Crippen LogP contribution is -2.55. The van der Waals surface area contributed by atoms with Crippen molar-refractivity contribution in [3.8, 4) is 0 Å². The van der Waals surface area contributed by atoms with E-state index in [9.17, 15) is 4.79 Å². The van der Waals surface area contributed by atoms with Crippen molar-refractivity contribution in [1.29, 1.82) is 0 Å². The Morgan fingerprint density at radius 3 is 2.81 bits per heavy atom. The Morgan fingerprint density at radius 2 is 2.00 bits per heavy atom. The van der Waals surface area contributed by atoms with Crippen LogP contribution in [0.5, 0.6) is 0 Å². The lowest BCUT2D eigenvalue weighted by atomic mass is 9.44. The molecule has 2 nitrogen and oxygen atoms in total. The summed E-state index contributed by atoms with van der Waals surface area (Å²) in [6.07, 6.45) is 15.9. The summed E-state index contributed by atoms with van der Waals surface area (Å²) in [7, 11) is 0. The second-order valence-corrected chi connectivity index (χ2v) is 9.90. The fourth-order valence-electron chi connectivity index (χ4n) is 7.63. The van der Waals surface area contributed by atoms with Crippen molar-refractivity contribution in [2.24, 2.45) is 34.5 Å². The van der Waals surface area contributed by atoms with Crippen LogP contribution in [0.15, 0.2) is 30.6 Å². The van der Waals surface area contributed by atoms with Crippen LogP contribution >= 0.6 is 0 Å². The van der Waals surface area contributed by atoms with E-state index in [0.29, 0.717) is 23.5 Å². The zero-order chi connectivity index (χ0) is 17.9. The summed E-state index contributed by atoms with van der Waals surface area (Å²) in [6.45, 7) is 4.94. The molecule has 0 aromatic carbocycles. The van der Waals surface area contributed by atoms with E-state index in [0.717, 1.165) is 25.2 Å². The van der Waals surface area contributed by atoms with Crippen molar-refractivity contribution in [2.75, 3.05) is 0 Å². The molecule has 6 atom stereocenters. The molecule has 0 saturated heterocycles. The third-order valence-corrected chi connectivity index (χ3v) is 8.92. The number of carbonyl (C=O) groups is 1. The third kappa shape index (κ3) is 2.17. The number of nitrogens with zero attached hydrogens (tertiary/aromatic N) is 1. The van der Waals surface area contributed by atoms with Crippen molar-refractivity contribution in [3.63, 3.8) is 0 Å². The monoisotopic (exact) mass is 349 g/mol. The second-order valence-electron chi connectivity index (χ2n) is 9.90. The van der Waals surface area contributed by atoms with Gasteiger partial charge in [-0.1, -0.05) is 38.8 Å². The first-order valence-corrected chi connectivity index (χ1v) is 10.7. The van der Waals surface area contributed by atoms with Crippen molar-refractivity contribution >= 4 is 11.4 Å². The van der Waals surface area contributed by atoms with Gasteiger partial charge < -0.3 is 0 Å². The Kier molecular flexibility index (Phi) is 3.71. The quantitative estimate of drug-likeness (QED) is 0.652. The molecule has 3 fully saturated rings.